The maximum Gasteiger partial charge on any atom is 0.223 e. The van der Waals surface area contributed by atoms with E-state index in [0.717, 1.165) is 29.0 Å². The number of aromatic nitrogens is 2. The Morgan fingerprint density at radius 1 is 1.28 bits per heavy atom. The van der Waals surface area contributed by atoms with Crippen LogP contribution in [0.15, 0.2) is 77.8 Å². The van der Waals surface area contributed by atoms with Crippen LogP contribution in [0.1, 0.15) is 39.8 Å². The minimum atomic E-state index is 0.394. The summed E-state index contributed by atoms with van der Waals surface area (Å²) in [5.41, 5.74) is 11.5. The first-order valence-corrected chi connectivity index (χ1v) is 9.67. The maximum atomic E-state index is 6.35. The quantitative estimate of drug-likeness (QED) is 0.311. The van der Waals surface area contributed by atoms with Gasteiger partial charge in [-0.1, -0.05) is 55.5 Å². The van der Waals surface area contributed by atoms with Crippen molar-refractivity contribution in [2.24, 2.45) is 11.6 Å². The largest absolute Gasteiger partial charge is 0.397 e. The van der Waals surface area contributed by atoms with Crippen molar-refractivity contribution in [3.8, 4) is 0 Å². The molecule has 1 heterocycles. The summed E-state index contributed by atoms with van der Waals surface area (Å²) in [6.45, 7) is 12.6. The van der Waals surface area contributed by atoms with Crippen molar-refractivity contribution in [2.75, 3.05) is 18.9 Å². The molecule has 0 aliphatic heterocycles. The van der Waals surface area contributed by atoms with Gasteiger partial charge in [0.1, 0.15) is 0 Å². The number of nitrogens with zero attached hydrogens (tertiary/aromatic N) is 3. The van der Waals surface area contributed by atoms with Crippen LogP contribution in [0.5, 0.6) is 0 Å². The SMILES string of the molecule is C=C(/C=C\C=C/C)c1ccnc(NC\C(=C(N)/C(C)=C/C=C(/C)CC)N(C)N)n1. The van der Waals surface area contributed by atoms with Crippen LogP contribution in [0.25, 0.3) is 5.57 Å². The lowest BCUT2D eigenvalue weighted by molar-refractivity contribution is 0.431. The van der Waals surface area contributed by atoms with Crippen molar-refractivity contribution in [1.29, 1.82) is 0 Å². The number of allylic oxidation sites excluding steroid dienone is 9. The zero-order valence-corrected chi connectivity index (χ0v) is 18.2. The van der Waals surface area contributed by atoms with E-state index in [1.807, 2.05) is 50.3 Å². The number of likely N-dealkylation sites (N-methyl/N-ethyl adjacent to an activating group) is 1. The van der Waals surface area contributed by atoms with Crippen molar-refractivity contribution < 1.29 is 0 Å². The molecule has 0 atom stereocenters. The summed E-state index contributed by atoms with van der Waals surface area (Å²) in [5.74, 6) is 6.49. The van der Waals surface area contributed by atoms with E-state index in [-0.39, 0.29) is 0 Å². The summed E-state index contributed by atoms with van der Waals surface area (Å²) in [7, 11) is 1.76. The highest BCUT2D eigenvalue weighted by molar-refractivity contribution is 5.70. The lowest BCUT2D eigenvalue weighted by atomic mass is 10.1. The van der Waals surface area contributed by atoms with Gasteiger partial charge in [-0.25, -0.2) is 15.8 Å². The van der Waals surface area contributed by atoms with E-state index in [1.165, 1.54) is 10.6 Å². The predicted octanol–water partition coefficient (Wildman–Crippen LogP) is 4.31. The molecule has 0 saturated heterocycles. The number of rotatable bonds is 10. The van der Waals surface area contributed by atoms with Crippen molar-refractivity contribution in [3.63, 3.8) is 0 Å². The molecule has 6 nitrogen and oxygen atoms in total. The second-order valence-electron chi connectivity index (χ2n) is 6.72. The van der Waals surface area contributed by atoms with Gasteiger partial charge in [-0.3, -0.25) is 0 Å². The molecule has 0 radical (unpaired) electrons. The molecule has 29 heavy (non-hydrogen) atoms. The fraction of sp³-hybridized carbons (Fsp3) is 0.304. The molecule has 0 unspecified atom stereocenters. The van der Waals surface area contributed by atoms with Crippen LogP contribution < -0.4 is 16.9 Å². The fourth-order valence-electron chi connectivity index (χ4n) is 2.27. The Labute approximate surface area is 175 Å². The molecule has 0 spiro atoms. The molecular formula is C23H34N6. The van der Waals surface area contributed by atoms with Crippen LogP contribution in [0.4, 0.5) is 5.95 Å². The molecule has 1 rings (SSSR count). The Bertz CT molecular complexity index is 841. The fourth-order valence-corrected chi connectivity index (χ4v) is 2.27. The van der Waals surface area contributed by atoms with E-state index in [0.29, 0.717) is 18.2 Å². The van der Waals surface area contributed by atoms with Crippen LogP contribution in [0, 0.1) is 0 Å². The smallest absolute Gasteiger partial charge is 0.223 e. The van der Waals surface area contributed by atoms with Crippen molar-refractivity contribution >= 4 is 11.5 Å². The highest BCUT2D eigenvalue weighted by Crippen LogP contribution is 2.15. The number of nitrogens with two attached hydrogens (primary N) is 2. The molecule has 1 aromatic rings. The second kappa shape index (κ2) is 12.4. The van der Waals surface area contributed by atoms with Gasteiger partial charge in [0.15, 0.2) is 0 Å². The van der Waals surface area contributed by atoms with Gasteiger partial charge in [0.25, 0.3) is 0 Å². The van der Waals surface area contributed by atoms with Crippen LogP contribution in [0.3, 0.4) is 0 Å². The van der Waals surface area contributed by atoms with Gasteiger partial charge < -0.3 is 16.1 Å². The molecule has 0 aliphatic rings. The minimum Gasteiger partial charge on any atom is -0.397 e. The second-order valence-corrected chi connectivity index (χ2v) is 6.72. The van der Waals surface area contributed by atoms with E-state index >= 15 is 0 Å². The first kappa shape index (κ1) is 23.9. The third-order valence-electron chi connectivity index (χ3n) is 4.34. The highest BCUT2D eigenvalue weighted by atomic mass is 15.4. The number of hydrazine groups is 1. The number of nitrogens with one attached hydrogen (secondary N) is 1. The van der Waals surface area contributed by atoms with Gasteiger partial charge in [-0.2, -0.15) is 0 Å². The van der Waals surface area contributed by atoms with Gasteiger partial charge in [0.2, 0.25) is 5.95 Å². The minimum absolute atomic E-state index is 0.394. The Morgan fingerprint density at radius 2 is 2.00 bits per heavy atom. The summed E-state index contributed by atoms with van der Waals surface area (Å²) in [5, 5.41) is 4.71. The first-order valence-electron chi connectivity index (χ1n) is 9.67. The molecule has 0 bridgehead atoms. The first-order chi connectivity index (χ1) is 13.8. The summed E-state index contributed by atoms with van der Waals surface area (Å²) < 4.78 is 0. The van der Waals surface area contributed by atoms with Gasteiger partial charge in [0.05, 0.1) is 23.6 Å². The lowest BCUT2D eigenvalue weighted by Gasteiger charge is -2.20. The van der Waals surface area contributed by atoms with E-state index in [9.17, 15) is 0 Å². The zero-order valence-electron chi connectivity index (χ0n) is 18.2. The van der Waals surface area contributed by atoms with Gasteiger partial charge in [0, 0.05) is 13.2 Å². The Balaban J connectivity index is 3.00. The molecular weight excluding hydrogens is 360 g/mol. The van der Waals surface area contributed by atoms with Gasteiger partial charge in [-0.15, -0.1) is 0 Å². The van der Waals surface area contributed by atoms with Crippen LogP contribution >= 0.6 is 0 Å². The molecule has 0 saturated carbocycles. The summed E-state index contributed by atoms with van der Waals surface area (Å²) >= 11 is 0. The van der Waals surface area contributed by atoms with Crippen LogP contribution in [-0.2, 0) is 0 Å². The molecule has 0 aromatic carbocycles. The van der Waals surface area contributed by atoms with E-state index in [4.69, 9.17) is 11.6 Å². The van der Waals surface area contributed by atoms with Crippen LogP contribution in [-0.4, -0.2) is 28.6 Å². The van der Waals surface area contributed by atoms with Gasteiger partial charge >= 0.3 is 0 Å². The monoisotopic (exact) mass is 394 g/mol. The van der Waals surface area contributed by atoms with Crippen LogP contribution in [0.2, 0.25) is 0 Å². The number of hydrogen-bond donors (Lipinski definition) is 3. The highest BCUT2D eigenvalue weighted by Gasteiger charge is 2.10. The molecule has 5 N–H and O–H groups in total. The molecule has 0 aliphatic carbocycles. The molecule has 0 amide bonds. The van der Waals surface area contributed by atoms with Gasteiger partial charge in [-0.05, 0) is 44.4 Å². The van der Waals surface area contributed by atoms with Crippen molar-refractivity contribution in [1.82, 2.24) is 15.0 Å². The summed E-state index contributed by atoms with van der Waals surface area (Å²) in [4.78, 5) is 8.79. The average Bonchev–Trinajstić information content (AvgIpc) is 2.71. The van der Waals surface area contributed by atoms with E-state index in [2.05, 4.69) is 41.8 Å². The Morgan fingerprint density at radius 3 is 2.62 bits per heavy atom. The zero-order chi connectivity index (χ0) is 21.8. The van der Waals surface area contributed by atoms with E-state index in [1.54, 1.807) is 13.2 Å². The maximum absolute atomic E-state index is 6.35. The molecule has 1 aromatic heterocycles. The Hall–Kier alpha value is -3.12. The molecule has 156 valence electrons. The average molecular weight is 395 g/mol. The Kier molecular flexibility index (Phi) is 10.2. The topological polar surface area (TPSA) is 93.1 Å². The van der Waals surface area contributed by atoms with E-state index < -0.39 is 0 Å². The molecule has 6 heteroatoms. The van der Waals surface area contributed by atoms with Crippen molar-refractivity contribution in [2.45, 2.75) is 34.1 Å². The molecule has 0 fully saturated rings. The summed E-state index contributed by atoms with van der Waals surface area (Å²) in [6.07, 6.45) is 14.5. The predicted molar refractivity (Wildman–Crippen MR) is 124 cm³/mol. The third-order valence-corrected chi connectivity index (χ3v) is 4.34. The number of anilines is 1. The third kappa shape index (κ3) is 8.19. The number of hydrogen-bond acceptors (Lipinski definition) is 6. The standard InChI is InChI=1S/C23H34N6/c1-7-9-10-11-18(4)20-14-15-26-23(28-20)27-16-21(29(6)25)22(24)19(5)13-12-17(3)8-2/h7,9-15H,4,8,16,24-25H2,1-3,5-6H3,(H,26,27,28)/b9-7-,11-10-,17-12-,19-13+,22-21-. The van der Waals surface area contributed by atoms with Crippen molar-refractivity contribution in [3.05, 3.63) is 83.5 Å². The normalized spacial score (nSPS) is 13.7. The summed E-state index contributed by atoms with van der Waals surface area (Å²) in [6, 6.07) is 1.82. The lowest BCUT2D eigenvalue weighted by Crippen LogP contribution is -2.32.